The van der Waals surface area contributed by atoms with E-state index in [4.69, 9.17) is 9.47 Å². The molecule has 0 aromatic heterocycles. The van der Waals surface area contributed by atoms with Gasteiger partial charge in [-0.3, -0.25) is 9.69 Å². The van der Waals surface area contributed by atoms with Gasteiger partial charge in [0.15, 0.2) is 11.5 Å². The fourth-order valence-electron chi connectivity index (χ4n) is 5.57. The van der Waals surface area contributed by atoms with Crippen LogP contribution in [0.2, 0.25) is 0 Å². The summed E-state index contributed by atoms with van der Waals surface area (Å²) in [4.78, 5) is 22.9. The summed E-state index contributed by atoms with van der Waals surface area (Å²) >= 11 is 0. The van der Waals surface area contributed by atoms with Crippen LogP contribution in [0.25, 0.3) is 0 Å². The van der Waals surface area contributed by atoms with Crippen molar-refractivity contribution >= 4 is 5.91 Å². The highest BCUT2D eigenvalue weighted by atomic mass is 16.5. The van der Waals surface area contributed by atoms with E-state index in [-0.39, 0.29) is 5.92 Å². The summed E-state index contributed by atoms with van der Waals surface area (Å²) in [7, 11) is 5.55. The maximum atomic E-state index is 13.3. The lowest BCUT2D eigenvalue weighted by Crippen LogP contribution is -2.51. The standard InChI is InChI=1S/C25H40N4O3/c1-26-10-12-27(13-11-26)17-21-14-22(25(30)29-8-4-5-9-29)19-28(18-21)16-20-6-7-23(31-2)24(15-20)32-3/h6-7,15,21-22H,4-5,8-14,16-19H2,1-3H3/t21-,22-/m1/s1. The lowest BCUT2D eigenvalue weighted by Gasteiger charge is -2.41. The number of ether oxygens (including phenoxy) is 2. The zero-order valence-corrected chi connectivity index (χ0v) is 20.1. The van der Waals surface area contributed by atoms with Crippen LogP contribution in [0.1, 0.15) is 24.8 Å². The largest absolute Gasteiger partial charge is 0.493 e. The van der Waals surface area contributed by atoms with E-state index in [1.54, 1.807) is 14.2 Å². The molecule has 0 bridgehead atoms. The number of likely N-dealkylation sites (tertiary alicyclic amines) is 2. The SMILES string of the molecule is COc1ccc(CN2C[C@@H](CN3CCN(C)CC3)C[C@@H](C(=O)N3CCCC3)C2)cc1OC. The Hall–Kier alpha value is -1.83. The van der Waals surface area contributed by atoms with Crippen LogP contribution in [-0.2, 0) is 11.3 Å². The maximum Gasteiger partial charge on any atom is 0.226 e. The average Bonchev–Trinajstić information content (AvgIpc) is 3.35. The lowest BCUT2D eigenvalue weighted by atomic mass is 9.87. The third-order valence-electron chi connectivity index (χ3n) is 7.35. The summed E-state index contributed by atoms with van der Waals surface area (Å²) in [5.41, 5.74) is 1.20. The van der Waals surface area contributed by atoms with Crippen molar-refractivity contribution in [2.24, 2.45) is 11.8 Å². The predicted octanol–water partition coefficient (Wildman–Crippen LogP) is 2.01. The molecule has 3 heterocycles. The minimum Gasteiger partial charge on any atom is -0.493 e. The second-order valence-corrected chi connectivity index (χ2v) is 9.82. The van der Waals surface area contributed by atoms with Gasteiger partial charge in [-0.05, 0) is 49.9 Å². The van der Waals surface area contributed by atoms with Gasteiger partial charge in [-0.15, -0.1) is 0 Å². The molecule has 0 aliphatic carbocycles. The molecule has 7 nitrogen and oxygen atoms in total. The number of hydrogen-bond donors (Lipinski definition) is 0. The highest BCUT2D eigenvalue weighted by Gasteiger charge is 2.35. The van der Waals surface area contributed by atoms with Crippen LogP contribution in [0, 0.1) is 11.8 Å². The molecule has 32 heavy (non-hydrogen) atoms. The van der Waals surface area contributed by atoms with E-state index in [1.807, 2.05) is 6.07 Å². The van der Waals surface area contributed by atoms with E-state index in [0.29, 0.717) is 11.8 Å². The Balaban J connectivity index is 1.45. The van der Waals surface area contributed by atoms with Gasteiger partial charge in [0.25, 0.3) is 0 Å². The van der Waals surface area contributed by atoms with Gasteiger partial charge in [-0.25, -0.2) is 0 Å². The van der Waals surface area contributed by atoms with Crippen LogP contribution in [-0.4, -0.2) is 106 Å². The number of amides is 1. The molecule has 1 aromatic rings. The van der Waals surface area contributed by atoms with Crippen molar-refractivity contribution in [1.82, 2.24) is 19.6 Å². The number of nitrogens with zero attached hydrogens (tertiary/aromatic N) is 4. The van der Waals surface area contributed by atoms with Gasteiger partial charge in [0.05, 0.1) is 20.1 Å². The van der Waals surface area contributed by atoms with Crippen LogP contribution in [0.4, 0.5) is 0 Å². The zero-order valence-electron chi connectivity index (χ0n) is 20.1. The molecule has 3 saturated heterocycles. The van der Waals surface area contributed by atoms with Gasteiger partial charge in [-0.2, -0.15) is 0 Å². The third-order valence-corrected chi connectivity index (χ3v) is 7.35. The number of rotatable bonds is 7. The number of carbonyl (C=O) groups is 1. The molecule has 0 spiro atoms. The minimum atomic E-state index is 0.111. The highest BCUT2D eigenvalue weighted by molar-refractivity contribution is 5.79. The first kappa shape index (κ1) is 23.3. The smallest absolute Gasteiger partial charge is 0.226 e. The molecule has 1 aromatic carbocycles. The Bertz CT molecular complexity index is 760. The molecule has 0 radical (unpaired) electrons. The molecular weight excluding hydrogens is 404 g/mol. The van der Waals surface area contributed by atoms with Gasteiger partial charge in [-0.1, -0.05) is 6.07 Å². The van der Waals surface area contributed by atoms with Crippen molar-refractivity contribution in [2.45, 2.75) is 25.8 Å². The van der Waals surface area contributed by atoms with E-state index in [2.05, 4.69) is 38.8 Å². The Morgan fingerprint density at radius 3 is 2.34 bits per heavy atom. The van der Waals surface area contributed by atoms with Gasteiger partial charge >= 0.3 is 0 Å². The van der Waals surface area contributed by atoms with E-state index < -0.39 is 0 Å². The molecule has 0 N–H and O–H groups in total. The molecule has 178 valence electrons. The molecule has 7 heteroatoms. The van der Waals surface area contributed by atoms with Crippen molar-refractivity contribution in [3.63, 3.8) is 0 Å². The Morgan fingerprint density at radius 1 is 0.938 bits per heavy atom. The average molecular weight is 445 g/mol. The van der Waals surface area contributed by atoms with Crippen molar-refractivity contribution < 1.29 is 14.3 Å². The molecule has 2 atom stereocenters. The second-order valence-electron chi connectivity index (χ2n) is 9.82. The van der Waals surface area contributed by atoms with E-state index >= 15 is 0 Å². The third kappa shape index (κ3) is 5.74. The molecule has 0 unspecified atom stereocenters. The number of piperidine rings is 1. The van der Waals surface area contributed by atoms with Crippen molar-refractivity contribution in [3.8, 4) is 11.5 Å². The maximum absolute atomic E-state index is 13.3. The minimum absolute atomic E-state index is 0.111. The first-order valence-corrected chi connectivity index (χ1v) is 12.2. The monoisotopic (exact) mass is 444 g/mol. The quantitative estimate of drug-likeness (QED) is 0.641. The van der Waals surface area contributed by atoms with E-state index in [1.165, 1.54) is 5.56 Å². The molecule has 0 saturated carbocycles. The fourth-order valence-corrected chi connectivity index (χ4v) is 5.57. The van der Waals surface area contributed by atoms with Crippen molar-refractivity contribution in [2.75, 3.05) is 80.2 Å². The first-order valence-electron chi connectivity index (χ1n) is 12.2. The van der Waals surface area contributed by atoms with E-state index in [9.17, 15) is 4.79 Å². The number of methoxy groups -OCH3 is 2. The second kappa shape index (κ2) is 10.9. The van der Waals surface area contributed by atoms with Gasteiger partial charge in [0.1, 0.15) is 0 Å². The van der Waals surface area contributed by atoms with Crippen LogP contribution >= 0.6 is 0 Å². The van der Waals surface area contributed by atoms with Gasteiger partial charge in [0.2, 0.25) is 5.91 Å². The predicted molar refractivity (Wildman–Crippen MR) is 126 cm³/mol. The summed E-state index contributed by atoms with van der Waals surface area (Å²) < 4.78 is 10.9. The number of likely N-dealkylation sites (N-methyl/N-ethyl adjacent to an activating group) is 1. The zero-order chi connectivity index (χ0) is 22.5. The highest BCUT2D eigenvalue weighted by Crippen LogP contribution is 2.31. The number of carbonyl (C=O) groups excluding carboxylic acids is 1. The molecule has 3 aliphatic rings. The number of benzene rings is 1. The molecule has 1 amide bonds. The first-order chi connectivity index (χ1) is 15.6. The molecule has 4 rings (SSSR count). The summed E-state index contributed by atoms with van der Waals surface area (Å²) in [6.07, 6.45) is 3.32. The lowest BCUT2D eigenvalue weighted by molar-refractivity contribution is -0.137. The number of piperazine rings is 1. The van der Waals surface area contributed by atoms with E-state index in [0.717, 1.165) is 96.2 Å². The summed E-state index contributed by atoms with van der Waals surface area (Å²) in [6, 6.07) is 6.16. The summed E-state index contributed by atoms with van der Waals surface area (Å²) in [5, 5.41) is 0. The Morgan fingerprint density at radius 2 is 1.66 bits per heavy atom. The number of hydrogen-bond acceptors (Lipinski definition) is 6. The fraction of sp³-hybridized carbons (Fsp3) is 0.720. The van der Waals surface area contributed by atoms with Crippen LogP contribution in [0.15, 0.2) is 18.2 Å². The molecular formula is C25H40N4O3. The molecule has 3 fully saturated rings. The normalized spacial score (nSPS) is 25.8. The van der Waals surface area contributed by atoms with Gasteiger partial charge < -0.3 is 24.2 Å². The van der Waals surface area contributed by atoms with Crippen molar-refractivity contribution in [3.05, 3.63) is 23.8 Å². The van der Waals surface area contributed by atoms with Crippen LogP contribution in [0.3, 0.4) is 0 Å². The topological polar surface area (TPSA) is 48.5 Å². The Kier molecular flexibility index (Phi) is 7.92. The Labute approximate surface area is 193 Å². The van der Waals surface area contributed by atoms with Crippen molar-refractivity contribution in [1.29, 1.82) is 0 Å². The van der Waals surface area contributed by atoms with Gasteiger partial charge in [0, 0.05) is 65.4 Å². The van der Waals surface area contributed by atoms with Crippen LogP contribution < -0.4 is 9.47 Å². The van der Waals surface area contributed by atoms with Crippen LogP contribution in [0.5, 0.6) is 11.5 Å². The summed E-state index contributed by atoms with van der Waals surface area (Å²) in [5.74, 6) is 2.54. The molecule has 3 aliphatic heterocycles. The summed E-state index contributed by atoms with van der Waals surface area (Å²) in [6.45, 7) is 10.2.